The van der Waals surface area contributed by atoms with Crippen molar-refractivity contribution in [2.24, 2.45) is 5.41 Å². The van der Waals surface area contributed by atoms with Gasteiger partial charge in [-0.3, -0.25) is 4.68 Å². The highest BCUT2D eigenvalue weighted by Gasteiger charge is 2.54. The molecule has 7 heteroatoms. The van der Waals surface area contributed by atoms with Gasteiger partial charge in [0.15, 0.2) is 0 Å². The summed E-state index contributed by atoms with van der Waals surface area (Å²) in [6.45, 7) is 12.0. The number of alkyl halides is 3. The Balaban J connectivity index is 0.00000151. The second kappa shape index (κ2) is 7.38. The highest BCUT2D eigenvalue weighted by molar-refractivity contribution is 5.89. The molecule has 0 aliphatic heterocycles. The monoisotopic (exact) mass is 362 g/mol. The molecule has 0 saturated heterocycles. The zero-order valence-electron chi connectivity index (χ0n) is 16.2. The van der Waals surface area contributed by atoms with Crippen LogP contribution in [0.15, 0.2) is 0 Å². The lowest BCUT2D eigenvalue weighted by atomic mass is 9.67. The van der Waals surface area contributed by atoms with Gasteiger partial charge in [-0.15, -0.1) is 0 Å². The predicted molar refractivity (Wildman–Crippen MR) is 90.7 cm³/mol. The molecule has 1 aromatic rings. The molecule has 144 valence electrons. The summed E-state index contributed by atoms with van der Waals surface area (Å²) >= 11 is 0. The van der Waals surface area contributed by atoms with E-state index in [-0.39, 0.29) is 37.4 Å². The average molecular weight is 362 g/mol. The van der Waals surface area contributed by atoms with Crippen LogP contribution in [0.4, 0.5) is 13.2 Å². The fourth-order valence-electron chi connectivity index (χ4n) is 3.36. The molecule has 0 radical (unpaired) electrons. The smallest absolute Gasteiger partial charge is 0.356 e. The first kappa shape index (κ1) is 21.5. The number of carbonyl (C=O) groups is 1. The fraction of sp³-hybridized carbons (Fsp3) is 0.778. The van der Waals surface area contributed by atoms with Crippen molar-refractivity contribution < 1.29 is 22.7 Å². The minimum atomic E-state index is -2.68. The third-order valence-corrected chi connectivity index (χ3v) is 4.12. The summed E-state index contributed by atoms with van der Waals surface area (Å²) in [5.41, 5.74) is -1.73. The number of esters is 1. The summed E-state index contributed by atoms with van der Waals surface area (Å²) in [5, 5.41) is 4.20. The Hall–Kier alpha value is -1.53. The number of rotatable bonds is 5. The molecule has 0 spiro atoms. The number of hydrogen-bond acceptors (Lipinski definition) is 3. The summed E-state index contributed by atoms with van der Waals surface area (Å²) in [5.74, 6) is -3.29. The third kappa shape index (κ3) is 4.76. The second-order valence-corrected chi connectivity index (χ2v) is 7.19. The normalized spacial score (nSPS) is 18.0. The van der Waals surface area contributed by atoms with Crippen molar-refractivity contribution in [2.45, 2.75) is 79.4 Å². The van der Waals surface area contributed by atoms with E-state index in [4.69, 9.17) is 4.74 Å². The first-order valence-corrected chi connectivity index (χ1v) is 8.70. The van der Waals surface area contributed by atoms with Gasteiger partial charge in [0.25, 0.3) is 0 Å². The van der Waals surface area contributed by atoms with E-state index in [0.29, 0.717) is 5.56 Å². The van der Waals surface area contributed by atoms with Crippen LogP contribution >= 0.6 is 0 Å². The Morgan fingerprint density at radius 1 is 1.32 bits per heavy atom. The maximum absolute atomic E-state index is 14.3. The van der Waals surface area contributed by atoms with Gasteiger partial charge in [-0.1, -0.05) is 20.8 Å². The molecule has 1 aliphatic rings. The maximum Gasteiger partial charge on any atom is 0.356 e. The Labute approximate surface area is 147 Å². The lowest BCUT2D eigenvalue weighted by Crippen LogP contribution is -2.47. The van der Waals surface area contributed by atoms with E-state index in [0.717, 1.165) is 0 Å². The SMILES string of the molecule is CC.CCOC(=O)c1c(C)c(C(C)(C)F)nn1CC1(C)CC(F)(F)C1. The van der Waals surface area contributed by atoms with Crippen molar-refractivity contribution in [3.8, 4) is 0 Å². The molecule has 4 nitrogen and oxygen atoms in total. The molecule has 25 heavy (non-hydrogen) atoms. The highest BCUT2D eigenvalue weighted by atomic mass is 19.3. The molecule has 0 atom stereocenters. The molecule has 0 unspecified atom stereocenters. The minimum Gasteiger partial charge on any atom is -0.461 e. The first-order chi connectivity index (χ1) is 11.4. The van der Waals surface area contributed by atoms with Crippen molar-refractivity contribution >= 4 is 5.97 Å². The van der Waals surface area contributed by atoms with Crippen LogP contribution in [-0.4, -0.2) is 28.3 Å². The Bertz CT molecular complexity index is 611. The van der Waals surface area contributed by atoms with Crippen LogP contribution in [0.5, 0.6) is 0 Å². The van der Waals surface area contributed by atoms with Crippen molar-refractivity contribution in [1.82, 2.24) is 9.78 Å². The zero-order valence-corrected chi connectivity index (χ0v) is 16.2. The van der Waals surface area contributed by atoms with Gasteiger partial charge in [0, 0.05) is 24.9 Å². The van der Waals surface area contributed by atoms with Gasteiger partial charge in [0.2, 0.25) is 5.92 Å². The number of ether oxygens (including phenoxy) is 1. The molecule has 1 saturated carbocycles. The molecular weight excluding hydrogens is 333 g/mol. The molecule has 1 heterocycles. The van der Waals surface area contributed by atoms with Gasteiger partial charge in [0.1, 0.15) is 17.1 Å². The average Bonchev–Trinajstić information content (AvgIpc) is 2.75. The van der Waals surface area contributed by atoms with Crippen LogP contribution in [0.2, 0.25) is 0 Å². The van der Waals surface area contributed by atoms with E-state index in [9.17, 15) is 18.0 Å². The fourth-order valence-corrected chi connectivity index (χ4v) is 3.36. The summed E-state index contributed by atoms with van der Waals surface area (Å²) in [7, 11) is 0. The largest absolute Gasteiger partial charge is 0.461 e. The summed E-state index contributed by atoms with van der Waals surface area (Å²) in [6, 6.07) is 0. The van der Waals surface area contributed by atoms with Gasteiger partial charge in [-0.25, -0.2) is 18.0 Å². The molecule has 0 amide bonds. The summed E-state index contributed by atoms with van der Waals surface area (Å²) in [6.07, 6.45) is -0.537. The highest BCUT2D eigenvalue weighted by Crippen LogP contribution is 2.52. The van der Waals surface area contributed by atoms with E-state index in [1.165, 1.54) is 18.5 Å². The Morgan fingerprint density at radius 2 is 1.84 bits per heavy atom. The first-order valence-electron chi connectivity index (χ1n) is 8.70. The van der Waals surface area contributed by atoms with Crippen LogP contribution in [0.3, 0.4) is 0 Å². The predicted octanol–water partition coefficient (Wildman–Crippen LogP) is 5.03. The quantitative estimate of drug-likeness (QED) is 0.690. The minimum absolute atomic E-state index is 0.133. The number of halogens is 3. The van der Waals surface area contributed by atoms with Crippen molar-refractivity contribution in [3.63, 3.8) is 0 Å². The molecule has 2 rings (SSSR count). The Kier molecular flexibility index (Phi) is 6.35. The molecule has 0 bridgehead atoms. The lowest BCUT2D eigenvalue weighted by Gasteiger charge is -2.44. The summed E-state index contributed by atoms with van der Waals surface area (Å²) in [4.78, 5) is 12.2. The molecule has 1 aromatic heterocycles. The molecule has 1 fully saturated rings. The van der Waals surface area contributed by atoms with Crippen LogP contribution < -0.4 is 0 Å². The molecule has 0 aromatic carbocycles. The molecular formula is C18H29F3N2O2. The number of carbonyl (C=O) groups excluding carboxylic acids is 1. The van der Waals surface area contributed by atoms with E-state index >= 15 is 0 Å². The van der Waals surface area contributed by atoms with Crippen LogP contribution in [-0.2, 0) is 17.0 Å². The zero-order chi connectivity index (χ0) is 19.6. The van der Waals surface area contributed by atoms with Crippen LogP contribution in [0, 0.1) is 12.3 Å². The van der Waals surface area contributed by atoms with Gasteiger partial charge < -0.3 is 4.74 Å². The topological polar surface area (TPSA) is 44.1 Å². The molecule has 0 N–H and O–H groups in total. The van der Waals surface area contributed by atoms with Crippen molar-refractivity contribution in [1.29, 1.82) is 0 Å². The van der Waals surface area contributed by atoms with Crippen molar-refractivity contribution in [3.05, 3.63) is 17.0 Å². The standard InChI is InChI=1S/C16H23F3N2O2.C2H6/c1-6-23-13(22)11-10(2)12(14(3,4)17)20-21(11)9-15(5)7-16(18,19)8-15;1-2/h6-9H2,1-5H3;1-2H3. The molecule has 1 aliphatic carbocycles. The van der Waals surface area contributed by atoms with Crippen LogP contribution in [0.25, 0.3) is 0 Å². The number of nitrogens with zero attached hydrogens (tertiary/aromatic N) is 2. The van der Waals surface area contributed by atoms with E-state index < -0.39 is 23.0 Å². The third-order valence-electron chi connectivity index (χ3n) is 4.12. The van der Waals surface area contributed by atoms with E-state index in [1.807, 2.05) is 13.8 Å². The van der Waals surface area contributed by atoms with Crippen LogP contribution in [0.1, 0.15) is 76.1 Å². The maximum atomic E-state index is 14.3. The van der Waals surface area contributed by atoms with Gasteiger partial charge >= 0.3 is 5.97 Å². The second-order valence-electron chi connectivity index (χ2n) is 7.19. The summed E-state index contributed by atoms with van der Waals surface area (Å²) < 4.78 is 47.1. The van der Waals surface area contributed by atoms with Gasteiger partial charge in [-0.05, 0) is 33.1 Å². The Morgan fingerprint density at radius 3 is 2.24 bits per heavy atom. The number of hydrogen-bond donors (Lipinski definition) is 0. The van der Waals surface area contributed by atoms with E-state index in [2.05, 4.69) is 5.10 Å². The lowest BCUT2D eigenvalue weighted by molar-refractivity contribution is -0.160. The van der Waals surface area contributed by atoms with Gasteiger partial charge in [0.05, 0.1) is 6.61 Å². The van der Waals surface area contributed by atoms with Gasteiger partial charge in [-0.2, -0.15) is 5.10 Å². The number of aromatic nitrogens is 2. The van der Waals surface area contributed by atoms with Crippen molar-refractivity contribution in [2.75, 3.05) is 6.61 Å². The van der Waals surface area contributed by atoms with E-state index in [1.54, 1.807) is 20.8 Å².